The van der Waals surface area contributed by atoms with Gasteiger partial charge in [-0.05, 0) is 67.5 Å². The van der Waals surface area contributed by atoms with Gasteiger partial charge in [0.15, 0.2) is 5.11 Å². The first-order valence-electron chi connectivity index (χ1n) is 9.61. The van der Waals surface area contributed by atoms with Gasteiger partial charge in [0.05, 0.1) is 11.7 Å². The molecule has 0 radical (unpaired) electrons. The molecule has 1 unspecified atom stereocenters. The Morgan fingerprint density at radius 2 is 1.96 bits per heavy atom. The normalized spacial score (nSPS) is 16.8. The van der Waals surface area contributed by atoms with Crippen LogP contribution in [0.2, 0.25) is 0 Å². The van der Waals surface area contributed by atoms with Crippen molar-refractivity contribution in [2.45, 2.75) is 18.9 Å². The topological polar surface area (TPSA) is 59.2 Å². The number of fused-ring (bicyclic) bond motifs is 1. The third kappa shape index (κ3) is 4.20. The van der Waals surface area contributed by atoms with E-state index in [0.29, 0.717) is 6.04 Å². The lowest BCUT2D eigenvalue weighted by Crippen LogP contribution is -2.46. The van der Waals surface area contributed by atoms with Gasteiger partial charge in [0.25, 0.3) is 0 Å². The summed E-state index contributed by atoms with van der Waals surface area (Å²) >= 11 is 5.67. The highest BCUT2D eigenvalue weighted by Gasteiger charge is 2.21. The van der Waals surface area contributed by atoms with E-state index in [0.717, 1.165) is 53.3 Å². The van der Waals surface area contributed by atoms with Crippen LogP contribution < -0.4 is 15.5 Å². The van der Waals surface area contributed by atoms with Gasteiger partial charge in [-0.2, -0.15) is 5.10 Å². The molecule has 3 N–H and O–H groups in total. The van der Waals surface area contributed by atoms with Crippen LogP contribution in [0.3, 0.4) is 0 Å². The number of hydrogen-bond acceptors (Lipinski definition) is 4. The van der Waals surface area contributed by atoms with Crippen molar-refractivity contribution in [3.63, 3.8) is 0 Å². The third-order valence-corrected chi connectivity index (χ3v) is 5.51. The molecule has 6 nitrogen and oxygen atoms in total. The molecule has 28 heavy (non-hydrogen) atoms. The molecule has 0 aliphatic carbocycles. The fourth-order valence-corrected chi connectivity index (χ4v) is 3.88. The molecule has 1 atom stereocenters. The van der Waals surface area contributed by atoms with Crippen molar-refractivity contribution in [2.75, 3.05) is 42.7 Å². The Hall–Kier alpha value is -2.80. The quantitative estimate of drug-likeness (QED) is 0.584. The lowest BCUT2D eigenvalue weighted by atomic mass is 10.1. The molecule has 7 heteroatoms. The fourth-order valence-electron chi connectivity index (χ4n) is 3.59. The number of benzene rings is 2. The Morgan fingerprint density at radius 1 is 1.18 bits per heavy atom. The Kier molecular flexibility index (Phi) is 5.34. The predicted octanol–water partition coefficient (Wildman–Crippen LogP) is 3.90. The summed E-state index contributed by atoms with van der Waals surface area (Å²) in [5.41, 5.74) is 4.38. The average Bonchev–Trinajstić information content (AvgIpc) is 3.16. The lowest BCUT2D eigenvalue weighted by Gasteiger charge is -2.35. The van der Waals surface area contributed by atoms with E-state index in [2.05, 4.69) is 73.1 Å². The zero-order chi connectivity index (χ0) is 19.5. The molecule has 2 heterocycles. The molecule has 1 saturated heterocycles. The molecule has 1 fully saturated rings. The van der Waals surface area contributed by atoms with Gasteiger partial charge < -0.3 is 20.4 Å². The molecule has 1 aliphatic rings. The van der Waals surface area contributed by atoms with Crippen molar-refractivity contribution in [2.24, 2.45) is 0 Å². The van der Waals surface area contributed by atoms with Crippen molar-refractivity contribution < 1.29 is 0 Å². The highest BCUT2D eigenvalue weighted by atomic mass is 32.1. The van der Waals surface area contributed by atoms with Gasteiger partial charge in [-0.1, -0.05) is 0 Å². The Bertz CT molecular complexity index is 949. The number of anilines is 3. The van der Waals surface area contributed by atoms with E-state index in [1.54, 1.807) is 0 Å². The maximum absolute atomic E-state index is 5.67. The molecular formula is C21H26N6S. The molecule has 1 aliphatic heterocycles. The summed E-state index contributed by atoms with van der Waals surface area (Å²) in [5, 5.41) is 16.0. The molecule has 0 saturated carbocycles. The number of H-pyrrole nitrogens is 1. The van der Waals surface area contributed by atoms with E-state index < -0.39 is 0 Å². The first kappa shape index (κ1) is 18.6. The van der Waals surface area contributed by atoms with Crippen LogP contribution in [0, 0.1) is 0 Å². The maximum atomic E-state index is 5.67. The molecule has 0 spiro atoms. The van der Waals surface area contributed by atoms with Crippen LogP contribution in [0.1, 0.15) is 12.8 Å². The standard InChI is InChI=1S/C21H26N6S/c1-26(2)19-8-5-16(6-9-19)24-21(28)27-11-3-4-18(14-27)23-17-7-10-20-15(12-17)13-22-25-20/h5-10,12-13,18,23H,3-4,11,14H2,1-2H3,(H,22,25)(H,24,28). The van der Waals surface area contributed by atoms with Crippen molar-refractivity contribution in [3.05, 3.63) is 48.7 Å². The van der Waals surface area contributed by atoms with Gasteiger partial charge in [-0.15, -0.1) is 0 Å². The van der Waals surface area contributed by atoms with Crippen LogP contribution in [0.15, 0.2) is 48.7 Å². The largest absolute Gasteiger partial charge is 0.381 e. The van der Waals surface area contributed by atoms with Crippen molar-refractivity contribution in [1.82, 2.24) is 15.1 Å². The number of hydrogen-bond donors (Lipinski definition) is 3. The van der Waals surface area contributed by atoms with Crippen LogP contribution in [0.5, 0.6) is 0 Å². The minimum Gasteiger partial charge on any atom is -0.381 e. The molecule has 3 aromatic rings. The smallest absolute Gasteiger partial charge is 0.173 e. The van der Waals surface area contributed by atoms with Gasteiger partial charge in [0.1, 0.15) is 0 Å². The second kappa shape index (κ2) is 8.06. The molecule has 2 aromatic carbocycles. The number of piperidine rings is 1. The fraction of sp³-hybridized carbons (Fsp3) is 0.333. The van der Waals surface area contributed by atoms with E-state index in [-0.39, 0.29) is 0 Å². The number of aromatic nitrogens is 2. The van der Waals surface area contributed by atoms with E-state index in [9.17, 15) is 0 Å². The summed E-state index contributed by atoms with van der Waals surface area (Å²) in [4.78, 5) is 4.34. The van der Waals surface area contributed by atoms with Crippen molar-refractivity contribution >= 4 is 45.3 Å². The number of aromatic amines is 1. The summed E-state index contributed by atoms with van der Waals surface area (Å²) in [5.74, 6) is 0. The van der Waals surface area contributed by atoms with Gasteiger partial charge >= 0.3 is 0 Å². The highest BCUT2D eigenvalue weighted by molar-refractivity contribution is 7.80. The van der Waals surface area contributed by atoms with Crippen LogP contribution >= 0.6 is 12.2 Å². The summed E-state index contributed by atoms with van der Waals surface area (Å²) in [6.07, 6.45) is 4.11. The molecule has 4 rings (SSSR count). The van der Waals surface area contributed by atoms with Crippen LogP contribution in [-0.4, -0.2) is 53.4 Å². The highest BCUT2D eigenvalue weighted by Crippen LogP contribution is 2.21. The second-order valence-corrected chi connectivity index (χ2v) is 7.86. The molecule has 0 bridgehead atoms. The Labute approximate surface area is 170 Å². The number of rotatable bonds is 4. The Morgan fingerprint density at radius 3 is 2.75 bits per heavy atom. The second-order valence-electron chi connectivity index (χ2n) is 7.47. The number of thiocarbonyl (C=S) groups is 1. The first-order chi connectivity index (χ1) is 13.6. The lowest BCUT2D eigenvalue weighted by molar-refractivity contribution is 0.325. The molecule has 0 amide bonds. The first-order valence-corrected chi connectivity index (χ1v) is 10.0. The van der Waals surface area contributed by atoms with E-state index >= 15 is 0 Å². The van der Waals surface area contributed by atoms with Gasteiger partial charge in [0.2, 0.25) is 0 Å². The zero-order valence-electron chi connectivity index (χ0n) is 16.3. The Balaban J connectivity index is 1.36. The van der Waals surface area contributed by atoms with E-state index in [1.165, 1.54) is 5.69 Å². The number of nitrogens with one attached hydrogen (secondary N) is 3. The van der Waals surface area contributed by atoms with Gasteiger partial charge in [-0.3, -0.25) is 5.10 Å². The van der Waals surface area contributed by atoms with Gasteiger partial charge in [0, 0.05) is 55.7 Å². The minimum absolute atomic E-state index is 0.369. The van der Waals surface area contributed by atoms with Crippen molar-refractivity contribution in [3.8, 4) is 0 Å². The zero-order valence-corrected chi connectivity index (χ0v) is 17.1. The van der Waals surface area contributed by atoms with Crippen LogP contribution in [-0.2, 0) is 0 Å². The summed E-state index contributed by atoms with van der Waals surface area (Å²) < 4.78 is 0. The number of likely N-dealkylation sites (tertiary alicyclic amines) is 1. The summed E-state index contributed by atoms with van der Waals surface area (Å²) in [7, 11) is 4.08. The third-order valence-electron chi connectivity index (χ3n) is 5.15. The molecular weight excluding hydrogens is 368 g/mol. The SMILES string of the molecule is CN(C)c1ccc(NC(=S)N2CCCC(Nc3ccc4[nH]ncc4c3)C2)cc1. The summed E-state index contributed by atoms with van der Waals surface area (Å²) in [6, 6.07) is 15.0. The van der Waals surface area contributed by atoms with Crippen LogP contribution in [0.25, 0.3) is 10.9 Å². The summed E-state index contributed by atoms with van der Waals surface area (Å²) in [6.45, 7) is 1.88. The monoisotopic (exact) mass is 394 g/mol. The molecule has 1 aromatic heterocycles. The average molecular weight is 395 g/mol. The van der Waals surface area contributed by atoms with E-state index in [1.807, 2.05) is 20.3 Å². The van der Waals surface area contributed by atoms with Crippen LogP contribution in [0.4, 0.5) is 17.1 Å². The molecule has 146 valence electrons. The van der Waals surface area contributed by atoms with Gasteiger partial charge in [-0.25, -0.2) is 0 Å². The minimum atomic E-state index is 0.369. The predicted molar refractivity (Wildman–Crippen MR) is 121 cm³/mol. The van der Waals surface area contributed by atoms with Crippen molar-refractivity contribution in [1.29, 1.82) is 0 Å². The van der Waals surface area contributed by atoms with E-state index in [4.69, 9.17) is 12.2 Å². The maximum Gasteiger partial charge on any atom is 0.173 e. The number of nitrogens with zero attached hydrogens (tertiary/aromatic N) is 3.